The lowest BCUT2D eigenvalue weighted by atomic mass is 9.88. The highest BCUT2D eigenvalue weighted by Crippen LogP contribution is 2.33. The summed E-state index contributed by atoms with van der Waals surface area (Å²) in [6.07, 6.45) is 4.43. The summed E-state index contributed by atoms with van der Waals surface area (Å²) in [5.74, 6) is 0.132. The summed E-state index contributed by atoms with van der Waals surface area (Å²) >= 11 is 1.64. The average molecular weight is 307 g/mol. The largest absolute Gasteiger partial charge is 0.449 e. The Morgan fingerprint density at radius 1 is 1.38 bits per heavy atom. The smallest absolute Gasteiger partial charge is 0.340 e. The van der Waals surface area contributed by atoms with Crippen molar-refractivity contribution >= 4 is 23.2 Å². The van der Waals surface area contributed by atoms with Crippen molar-refractivity contribution in [1.82, 2.24) is 5.32 Å². The molecule has 1 heterocycles. The minimum Gasteiger partial charge on any atom is -0.449 e. The molecule has 114 valence electrons. The van der Waals surface area contributed by atoms with Crippen molar-refractivity contribution in [3.63, 3.8) is 0 Å². The van der Waals surface area contributed by atoms with Gasteiger partial charge in [0.2, 0.25) is 0 Å². The molecule has 2 atom stereocenters. The van der Waals surface area contributed by atoms with Gasteiger partial charge in [0.25, 0.3) is 5.91 Å². The fourth-order valence-corrected chi connectivity index (χ4v) is 3.91. The van der Waals surface area contributed by atoms with E-state index in [1.807, 2.05) is 5.38 Å². The molecule has 2 aliphatic carbocycles. The van der Waals surface area contributed by atoms with Crippen LogP contribution in [0.2, 0.25) is 0 Å². The molecular formula is C16H21NO3S. The van der Waals surface area contributed by atoms with Crippen LogP contribution in [0.1, 0.15) is 53.9 Å². The molecular weight excluding hydrogens is 286 g/mol. The Kier molecular flexibility index (Phi) is 4.02. The highest BCUT2D eigenvalue weighted by molar-refractivity contribution is 7.10. The van der Waals surface area contributed by atoms with Crippen molar-refractivity contribution < 1.29 is 14.3 Å². The molecule has 1 aromatic heterocycles. The molecule has 2 unspecified atom stereocenters. The maximum atomic E-state index is 12.3. The monoisotopic (exact) mass is 307 g/mol. The molecule has 4 nitrogen and oxygen atoms in total. The molecule has 1 saturated carbocycles. The van der Waals surface area contributed by atoms with Crippen molar-refractivity contribution in [2.75, 3.05) is 0 Å². The third-order valence-corrected chi connectivity index (χ3v) is 5.25. The normalized spacial score (nSPS) is 22.3. The molecule has 0 saturated heterocycles. The lowest BCUT2D eigenvalue weighted by molar-refractivity contribution is -0.129. The van der Waals surface area contributed by atoms with Crippen LogP contribution in [0.15, 0.2) is 5.38 Å². The van der Waals surface area contributed by atoms with Crippen molar-refractivity contribution in [2.24, 2.45) is 5.92 Å². The van der Waals surface area contributed by atoms with Crippen LogP contribution < -0.4 is 5.32 Å². The number of hydrogen-bond donors (Lipinski definition) is 1. The third-order valence-electron chi connectivity index (χ3n) is 4.20. The number of ether oxygens (including phenoxy) is 1. The number of carbonyl (C=O) groups is 2. The number of rotatable bonds is 4. The van der Waals surface area contributed by atoms with E-state index < -0.39 is 6.10 Å². The molecule has 5 heteroatoms. The number of carbonyl (C=O) groups excluding carboxylic acids is 2. The summed E-state index contributed by atoms with van der Waals surface area (Å²) < 4.78 is 5.33. The summed E-state index contributed by atoms with van der Waals surface area (Å²) in [7, 11) is 0. The van der Waals surface area contributed by atoms with E-state index >= 15 is 0 Å². The first kappa shape index (κ1) is 14.6. The van der Waals surface area contributed by atoms with E-state index in [1.54, 1.807) is 18.3 Å². The van der Waals surface area contributed by atoms with Gasteiger partial charge in [0, 0.05) is 16.3 Å². The van der Waals surface area contributed by atoms with E-state index in [9.17, 15) is 9.59 Å². The van der Waals surface area contributed by atoms with E-state index in [0.29, 0.717) is 11.5 Å². The number of amides is 1. The predicted molar refractivity (Wildman–Crippen MR) is 81.6 cm³/mol. The van der Waals surface area contributed by atoms with Gasteiger partial charge in [-0.15, -0.1) is 11.3 Å². The third kappa shape index (κ3) is 3.28. The number of nitrogens with one attached hydrogen (secondary N) is 1. The van der Waals surface area contributed by atoms with Crippen molar-refractivity contribution in [2.45, 2.75) is 58.1 Å². The van der Waals surface area contributed by atoms with Gasteiger partial charge in [0.1, 0.15) is 0 Å². The fourth-order valence-electron chi connectivity index (χ4n) is 2.67. The summed E-state index contributed by atoms with van der Waals surface area (Å²) in [5.41, 5.74) is 1.80. The van der Waals surface area contributed by atoms with E-state index in [2.05, 4.69) is 12.2 Å². The Bertz CT molecular complexity index is 562. The topological polar surface area (TPSA) is 55.4 Å². The minimum atomic E-state index is -0.726. The molecule has 1 fully saturated rings. The van der Waals surface area contributed by atoms with Crippen molar-refractivity contribution in [1.29, 1.82) is 0 Å². The van der Waals surface area contributed by atoms with Crippen LogP contribution in [0.5, 0.6) is 0 Å². The zero-order valence-corrected chi connectivity index (χ0v) is 13.3. The van der Waals surface area contributed by atoms with Gasteiger partial charge in [-0.05, 0) is 50.5 Å². The standard InChI is InChI=1S/C16H21NO3S/c1-9-3-6-12-13(8-21-14(12)7-9)16(19)20-10(2)15(18)17-11-4-5-11/h8-11H,3-7H2,1-2H3,(H,17,18). The lowest BCUT2D eigenvalue weighted by Crippen LogP contribution is -2.37. The SMILES string of the molecule is CC1CCc2c(C(=O)OC(C)C(=O)NC3CC3)csc2C1. The van der Waals surface area contributed by atoms with Gasteiger partial charge in [-0.1, -0.05) is 6.92 Å². The summed E-state index contributed by atoms with van der Waals surface area (Å²) in [4.78, 5) is 25.4. The molecule has 1 aromatic rings. The quantitative estimate of drug-likeness (QED) is 0.870. The second-order valence-corrected chi connectivity index (χ2v) is 7.19. The van der Waals surface area contributed by atoms with Crippen molar-refractivity contribution in [3.05, 3.63) is 21.4 Å². The van der Waals surface area contributed by atoms with Gasteiger partial charge >= 0.3 is 5.97 Å². The first-order chi connectivity index (χ1) is 10.0. The van der Waals surface area contributed by atoms with Gasteiger partial charge < -0.3 is 10.1 Å². The summed E-state index contributed by atoms with van der Waals surface area (Å²) in [5, 5.41) is 4.74. The number of hydrogen-bond acceptors (Lipinski definition) is 4. The van der Waals surface area contributed by atoms with E-state index in [4.69, 9.17) is 4.74 Å². The molecule has 3 rings (SSSR count). The minimum absolute atomic E-state index is 0.191. The Morgan fingerprint density at radius 2 is 2.14 bits per heavy atom. The molecule has 1 amide bonds. The van der Waals surface area contributed by atoms with Crippen LogP contribution in [0.4, 0.5) is 0 Å². The van der Waals surface area contributed by atoms with Crippen molar-refractivity contribution in [3.8, 4) is 0 Å². The first-order valence-electron chi connectivity index (χ1n) is 7.65. The second kappa shape index (κ2) is 5.79. The highest BCUT2D eigenvalue weighted by Gasteiger charge is 2.29. The Balaban J connectivity index is 1.64. The maximum absolute atomic E-state index is 12.3. The Morgan fingerprint density at radius 3 is 2.86 bits per heavy atom. The Hall–Kier alpha value is -1.36. The predicted octanol–water partition coefficient (Wildman–Crippen LogP) is 2.70. The number of thiophene rings is 1. The fraction of sp³-hybridized carbons (Fsp3) is 0.625. The van der Waals surface area contributed by atoms with E-state index in [1.165, 1.54) is 4.88 Å². The van der Waals surface area contributed by atoms with Crippen LogP contribution in [0.3, 0.4) is 0 Å². The van der Waals surface area contributed by atoms with E-state index in [0.717, 1.165) is 37.7 Å². The second-order valence-electron chi connectivity index (χ2n) is 6.23. The molecule has 1 N–H and O–H groups in total. The molecule has 2 aliphatic rings. The van der Waals surface area contributed by atoms with Gasteiger partial charge in [0.05, 0.1) is 5.56 Å². The van der Waals surface area contributed by atoms with Gasteiger partial charge in [-0.2, -0.15) is 0 Å². The van der Waals surface area contributed by atoms with Gasteiger partial charge in [0.15, 0.2) is 6.10 Å². The van der Waals surface area contributed by atoms with E-state index in [-0.39, 0.29) is 17.9 Å². The first-order valence-corrected chi connectivity index (χ1v) is 8.53. The maximum Gasteiger partial charge on any atom is 0.340 e. The average Bonchev–Trinajstić information content (AvgIpc) is 3.15. The molecule has 0 aromatic carbocycles. The summed E-state index contributed by atoms with van der Waals surface area (Å²) in [6.45, 7) is 3.88. The molecule has 0 aliphatic heterocycles. The van der Waals surface area contributed by atoms with Gasteiger partial charge in [-0.25, -0.2) is 4.79 Å². The zero-order valence-electron chi connectivity index (χ0n) is 12.5. The lowest BCUT2D eigenvalue weighted by Gasteiger charge is -2.19. The molecule has 21 heavy (non-hydrogen) atoms. The summed E-state index contributed by atoms with van der Waals surface area (Å²) in [6, 6.07) is 0.286. The van der Waals surface area contributed by atoms with Crippen LogP contribution in [0.25, 0.3) is 0 Å². The highest BCUT2D eigenvalue weighted by atomic mass is 32.1. The van der Waals surface area contributed by atoms with Crippen LogP contribution >= 0.6 is 11.3 Å². The molecule has 0 bridgehead atoms. The van der Waals surface area contributed by atoms with Crippen LogP contribution in [0, 0.1) is 5.92 Å². The zero-order chi connectivity index (χ0) is 15.0. The van der Waals surface area contributed by atoms with Crippen LogP contribution in [-0.4, -0.2) is 24.0 Å². The molecule has 0 spiro atoms. The number of fused-ring (bicyclic) bond motifs is 1. The number of esters is 1. The van der Waals surface area contributed by atoms with Gasteiger partial charge in [-0.3, -0.25) is 4.79 Å². The Labute approximate surface area is 128 Å². The van der Waals surface area contributed by atoms with Crippen LogP contribution in [-0.2, 0) is 22.4 Å². The molecule has 0 radical (unpaired) electrons.